The van der Waals surface area contributed by atoms with Gasteiger partial charge in [-0.3, -0.25) is 14.5 Å². The molecule has 1 unspecified atom stereocenters. The van der Waals surface area contributed by atoms with Crippen molar-refractivity contribution < 1.29 is 9.59 Å². The van der Waals surface area contributed by atoms with Crippen LogP contribution in [0.5, 0.6) is 0 Å². The minimum atomic E-state index is -0.320. The molecule has 17 heavy (non-hydrogen) atoms. The number of nitrogens with two attached hydrogens (primary N) is 1. The van der Waals surface area contributed by atoms with Gasteiger partial charge in [-0.25, -0.2) is 0 Å². The molecule has 1 atom stereocenters. The summed E-state index contributed by atoms with van der Waals surface area (Å²) in [6, 6.07) is 0. The Morgan fingerprint density at radius 1 is 1.29 bits per heavy atom. The lowest BCUT2D eigenvalue weighted by Gasteiger charge is -2.23. The molecular formula is C11H20ClN3O2. The molecular weight excluding hydrogens is 242 g/mol. The first kappa shape index (κ1) is 14.3. The van der Waals surface area contributed by atoms with E-state index in [0.717, 1.165) is 19.5 Å². The largest absolute Gasteiger partial charge is 0.369 e. The normalized spacial score (nSPS) is 19.8. The van der Waals surface area contributed by atoms with Crippen LogP contribution in [-0.2, 0) is 9.59 Å². The zero-order chi connectivity index (χ0) is 12.8. The molecule has 1 aliphatic rings. The summed E-state index contributed by atoms with van der Waals surface area (Å²) in [5.41, 5.74) is 5.16. The zero-order valence-electron chi connectivity index (χ0n) is 10.2. The van der Waals surface area contributed by atoms with Crippen LogP contribution >= 0.6 is 11.6 Å². The number of amides is 2. The van der Waals surface area contributed by atoms with Crippen LogP contribution in [0.2, 0.25) is 0 Å². The number of hydrogen-bond acceptors (Lipinski definition) is 3. The van der Waals surface area contributed by atoms with Crippen LogP contribution in [-0.4, -0.2) is 60.2 Å². The highest BCUT2D eigenvalue weighted by Crippen LogP contribution is 2.09. The summed E-state index contributed by atoms with van der Waals surface area (Å²) in [6.07, 6.45) is 0.869. The van der Waals surface area contributed by atoms with E-state index in [1.165, 1.54) is 0 Å². The minimum Gasteiger partial charge on any atom is -0.369 e. The van der Waals surface area contributed by atoms with Gasteiger partial charge in [-0.15, -0.1) is 11.6 Å². The zero-order valence-corrected chi connectivity index (χ0v) is 10.9. The predicted octanol–water partition coefficient (Wildman–Crippen LogP) is -0.119. The average molecular weight is 262 g/mol. The Bertz CT molecular complexity index is 286. The lowest BCUT2D eigenvalue weighted by atomic mass is 10.2. The average Bonchev–Trinajstić information content (AvgIpc) is 2.52. The molecule has 98 valence electrons. The summed E-state index contributed by atoms with van der Waals surface area (Å²) in [7, 11) is 0. The predicted molar refractivity (Wildman–Crippen MR) is 66.7 cm³/mol. The van der Waals surface area contributed by atoms with Crippen molar-refractivity contribution in [3.05, 3.63) is 0 Å². The van der Waals surface area contributed by atoms with Gasteiger partial charge >= 0.3 is 0 Å². The van der Waals surface area contributed by atoms with Gasteiger partial charge < -0.3 is 10.6 Å². The third kappa shape index (κ3) is 4.52. The lowest BCUT2D eigenvalue weighted by Crippen LogP contribution is -2.40. The minimum absolute atomic E-state index is 0.0981. The smallest absolute Gasteiger partial charge is 0.231 e. The molecule has 0 radical (unpaired) electrons. The molecule has 0 aromatic carbocycles. The molecule has 0 bridgehead atoms. The molecule has 6 heteroatoms. The van der Waals surface area contributed by atoms with Gasteiger partial charge in [0.15, 0.2) is 0 Å². The Kier molecular flexibility index (Phi) is 5.71. The van der Waals surface area contributed by atoms with Gasteiger partial charge in [0, 0.05) is 38.0 Å². The molecule has 2 N–H and O–H groups in total. The van der Waals surface area contributed by atoms with Gasteiger partial charge in [-0.1, -0.05) is 6.92 Å². The quantitative estimate of drug-likeness (QED) is 0.718. The SMILES string of the molecule is CC(CCl)C(=O)N1CCCN(CC(N)=O)CC1. The van der Waals surface area contributed by atoms with Crippen molar-refractivity contribution in [2.45, 2.75) is 13.3 Å². The molecule has 1 aliphatic heterocycles. The first-order valence-corrected chi connectivity index (χ1v) is 6.43. The third-order valence-electron chi connectivity index (χ3n) is 2.93. The van der Waals surface area contributed by atoms with Gasteiger partial charge in [0.05, 0.1) is 6.54 Å². The third-order valence-corrected chi connectivity index (χ3v) is 3.40. The first-order chi connectivity index (χ1) is 8.04. The summed E-state index contributed by atoms with van der Waals surface area (Å²) < 4.78 is 0. The van der Waals surface area contributed by atoms with E-state index in [0.29, 0.717) is 19.0 Å². The second-order valence-electron chi connectivity index (χ2n) is 4.48. The van der Waals surface area contributed by atoms with Gasteiger partial charge in [0.1, 0.15) is 0 Å². The molecule has 1 heterocycles. The number of nitrogens with zero attached hydrogens (tertiary/aromatic N) is 2. The first-order valence-electron chi connectivity index (χ1n) is 5.90. The van der Waals surface area contributed by atoms with Crippen molar-refractivity contribution in [3.8, 4) is 0 Å². The molecule has 0 spiro atoms. The topological polar surface area (TPSA) is 66.6 Å². The van der Waals surface area contributed by atoms with Crippen molar-refractivity contribution in [2.24, 2.45) is 11.7 Å². The fourth-order valence-electron chi connectivity index (χ4n) is 1.95. The van der Waals surface area contributed by atoms with E-state index in [4.69, 9.17) is 17.3 Å². The van der Waals surface area contributed by atoms with Crippen molar-refractivity contribution in [1.29, 1.82) is 0 Å². The van der Waals surface area contributed by atoms with Crippen LogP contribution in [0.15, 0.2) is 0 Å². The standard InChI is InChI=1S/C11H20ClN3O2/c1-9(7-12)11(17)15-4-2-3-14(5-6-15)8-10(13)16/h9H,2-8H2,1H3,(H2,13,16). The Balaban J connectivity index is 2.47. The van der Waals surface area contributed by atoms with E-state index < -0.39 is 0 Å². The molecule has 1 fully saturated rings. The van der Waals surface area contributed by atoms with Crippen LogP contribution in [0.4, 0.5) is 0 Å². The fraction of sp³-hybridized carbons (Fsp3) is 0.818. The summed E-state index contributed by atoms with van der Waals surface area (Å²) in [5.74, 6) is -0.0143. The highest BCUT2D eigenvalue weighted by atomic mass is 35.5. The van der Waals surface area contributed by atoms with Gasteiger partial charge in [-0.05, 0) is 6.42 Å². The Labute approximate surface area is 107 Å². The molecule has 0 aromatic rings. The van der Waals surface area contributed by atoms with Crippen LogP contribution in [0, 0.1) is 5.92 Å². The summed E-state index contributed by atoms with van der Waals surface area (Å²) in [5, 5.41) is 0. The van der Waals surface area contributed by atoms with Crippen LogP contribution in [0.1, 0.15) is 13.3 Å². The maximum Gasteiger partial charge on any atom is 0.231 e. The van der Waals surface area contributed by atoms with Crippen molar-refractivity contribution in [2.75, 3.05) is 38.6 Å². The Morgan fingerprint density at radius 2 is 2.00 bits per heavy atom. The highest BCUT2D eigenvalue weighted by molar-refractivity contribution is 6.19. The molecule has 0 aromatic heterocycles. The Morgan fingerprint density at radius 3 is 2.59 bits per heavy atom. The van der Waals surface area contributed by atoms with Crippen molar-refractivity contribution in [1.82, 2.24) is 9.80 Å². The van der Waals surface area contributed by atoms with Gasteiger partial charge in [0.25, 0.3) is 0 Å². The monoisotopic (exact) mass is 261 g/mol. The molecule has 1 rings (SSSR count). The number of halogens is 1. The van der Waals surface area contributed by atoms with Crippen LogP contribution < -0.4 is 5.73 Å². The number of carbonyl (C=O) groups is 2. The number of primary amides is 1. The second-order valence-corrected chi connectivity index (χ2v) is 4.79. The molecule has 5 nitrogen and oxygen atoms in total. The molecule has 1 saturated heterocycles. The van der Waals surface area contributed by atoms with E-state index >= 15 is 0 Å². The van der Waals surface area contributed by atoms with E-state index in [-0.39, 0.29) is 24.3 Å². The number of rotatable bonds is 4. The number of alkyl halides is 1. The summed E-state index contributed by atoms with van der Waals surface area (Å²) >= 11 is 5.69. The Hall–Kier alpha value is -0.810. The molecule has 0 aliphatic carbocycles. The molecule has 2 amide bonds. The van der Waals surface area contributed by atoms with Crippen molar-refractivity contribution in [3.63, 3.8) is 0 Å². The lowest BCUT2D eigenvalue weighted by molar-refractivity contribution is -0.134. The maximum absolute atomic E-state index is 11.9. The second kappa shape index (κ2) is 6.81. The molecule has 0 saturated carbocycles. The number of hydrogen-bond donors (Lipinski definition) is 1. The van der Waals surface area contributed by atoms with Crippen LogP contribution in [0.3, 0.4) is 0 Å². The maximum atomic E-state index is 11.9. The van der Waals surface area contributed by atoms with E-state index in [2.05, 4.69) is 0 Å². The highest BCUT2D eigenvalue weighted by Gasteiger charge is 2.23. The van der Waals surface area contributed by atoms with Gasteiger partial charge in [0.2, 0.25) is 11.8 Å². The fourth-order valence-corrected chi connectivity index (χ4v) is 2.08. The van der Waals surface area contributed by atoms with Crippen molar-refractivity contribution >= 4 is 23.4 Å². The van der Waals surface area contributed by atoms with Crippen LogP contribution in [0.25, 0.3) is 0 Å². The van der Waals surface area contributed by atoms with E-state index in [9.17, 15) is 9.59 Å². The van der Waals surface area contributed by atoms with E-state index in [1.807, 2.05) is 16.7 Å². The summed E-state index contributed by atoms with van der Waals surface area (Å²) in [4.78, 5) is 26.6. The van der Waals surface area contributed by atoms with E-state index in [1.54, 1.807) is 0 Å². The summed E-state index contributed by atoms with van der Waals surface area (Å²) in [6.45, 7) is 4.99. The number of carbonyl (C=O) groups excluding carboxylic acids is 2. The van der Waals surface area contributed by atoms with Gasteiger partial charge in [-0.2, -0.15) is 0 Å².